The summed E-state index contributed by atoms with van der Waals surface area (Å²) in [6.45, 7) is 9.90. The van der Waals surface area contributed by atoms with Crippen molar-refractivity contribution in [3.8, 4) is 0 Å². The monoisotopic (exact) mass is 433 g/mol. The number of anilines is 1. The van der Waals surface area contributed by atoms with Crippen molar-refractivity contribution in [2.24, 2.45) is 5.92 Å². The average molecular weight is 434 g/mol. The minimum absolute atomic E-state index is 0.0248. The lowest BCUT2D eigenvalue weighted by Crippen LogP contribution is -2.38. The molecule has 4 heterocycles. The molecule has 2 N–H and O–H groups in total. The maximum absolute atomic E-state index is 13.1. The number of nitrogens with zero attached hydrogens (tertiary/aromatic N) is 3. The first-order chi connectivity index (χ1) is 14.5. The highest BCUT2D eigenvalue weighted by Gasteiger charge is 2.21. The average Bonchev–Trinajstić information content (AvgIpc) is 2.91. The van der Waals surface area contributed by atoms with Gasteiger partial charge in [-0.25, -0.2) is 9.78 Å². The van der Waals surface area contributed by atoms with Gasteiger partial charge in [-0.2, -0.15) is 0 Å². The predicted molar refractivity (Wildman–Crippen MR) is 120 cm³/mol. The second kappa shape index (κ2) is 9.45. The van der Waals surface area contributed by atoms with Gasteiger partial charge in [-0.3, -0.25) is 19.6 Å². The van der Waals surface area contributed by atoms with Crippen LogP contribution >= 0.6 is 11.3 Å². The number of amides is 2. The van der Waals surface area contributed by atoms with E-state index in [1.165, 1.54) is 11.3 Å². The van der Waals surface area contributed by atoms with Gasteiger partial charge in [0.1, 0.15) is 15.7 Å². The van der Waals surface area contributed by atoms with Crippen LogP contribution in [0.25, 0.3) is 10.2 Å². The smallest absolute Gasteiger partial charge is 0.319 e. The van der Waals surface area contributed by atoms with E-state index in [9.17, 15) is 9.59 Å². The first-order valence-electron chi connectivity index (χ1n) is 10.9. The molecule has 0 aliphatic carbocycles. The standard InChI is InChI=1S/C21H31N5O3S/c1-14-4-5-16-23-19-17(20(27)26(16)9-6-14)15(2)18(30-19)24-21(28)22-7-3-8-25-10-12-29-13-11-25/h14H,3-13H2,1-2H3,(H2,22,24,28)/t14-/m1/s1. The normalized spacial score (nSPS) is 20.0. The molecule has 0 bridgehead atoms. The number of hydrogen-bond donors (Lipinski definition) is 2. The van der Waals surface area contributed by atoms with Crippen molar-refractivity contribution in [1.82, 2.24) is 19.8 Å². The fourth-order valence-electron chi connectivity index (χ4n) is 4.15. The summed E-state index contributed by atoms with van der Waals surface area (Å²) in [5.41, 5.74) is 0.834. The molecule has 0 saturated carbocycles. The van der Waals surface area contributed by atoms with E-state index in [2.05, 4.69) is 22.5 Å². The molecule has 1 saturated heterocycles. The van der Waals surface area contributed by atoms with Crippen molar-refractivity contribution in [3.63, 3.8) is 0 Å². The molecule has 9 heteroatoms. The Bertz CT molecular complexity index is 964. The molecule has 2 aliphatic rings. The van der Waals surface area contributed by atoms with Gasteiger partial charge in [0.25, 0.3) is 5.56 Å². The molecule has 0 unspecified atom stereocenters. The van der Waals surface area contributed by atoms with E-state index in [1.54, 1.807) is 0 Å². The van der Waals surface area contributed by atoms with Gasteiger partial charge in [0.15, 0.2) is 0 Å². The van der Waals surface area contributed by atoms with Crippen LogP contribution in [-0.2, 0) is 17.7 Å². The van der Waals surface area contributed by atoms with Crippen molar-refractivity contribution >= 4 is 32.6 Å². The van der Waals surface area contributed by atoms with Crippen LogP contribution in [0, 0.1) is 12.8 Å². The number of thiophene rings is 1. The number of carbonyl (C=O) groups is 1. The van der Waals surface area contributed by atoms with Crippen molar-refractivity contribution in [2.75, 3.05) is 44.7 Å². The zero-order valence-electron chi connectivity index (χ0n) is 17.8. The first kappa shape index (κ1) is 21.3. The van der Waals surface area contributed by atoms with Gasteiger partial charge < -0.3 is 10.1 Å². The summed E-state index contributed by atoms with van der Waals surface area (Å²) in [5.74, 6) is 1.48. The Morgan fingerprint density at radius 2 is 2.07 bits per heavy atom. The van der Waals surface area contributed by atoms with E-state index in [0.29, 0.717) is 22.8 Å². The molecule has 2 amide bonds. The molecule has 0 aromatic carbocycles. The zero-order valence-corrected chi connectivity index (χ0v) is 18.6. The Hall–Kier alpha value is -1.97. The predicted octanol–water partition coefficient (Wildman–Crippen LogP) is 2.58. The Kier molecular flexibility index (Phi) is 6.70. The van der Waals surface area contributed by atoms with Crippen LogP contribution in [0.5, 0.6) is 0 Å². The molecule has 1 fully saturated rings. The number of carbonyl (C=O) groups excluding carboxylic acids is 1. The van der Waals surface area contributed by atoms with Gasteiger partial charge in [0.2, 0.25) is 0 Å². The Morgan fingerprint density at radius 3 is 2.87 bits per heavy atom. The molecular weight excluding hydrogens is 402 g/mol. The fourth-order valence-corrected chi connectivity index (χ4v) is 5.23. The van der Waals surface area contributed by atoms with E-state index < -0.39 is 0 Å². The molecule has 164 valence electrons. The van der Waals surface area contributed by atoms with E-state index in [4.69, 9.17) is 9.72 Å². The third-order valence-electron chi connectivity index (χ3n) is 6.10. The SMILES string of the molecule is Cc1c(NC(=O)NCCCN2CCOCC2)sc2nc3n(c(=O)c12)CC[C@H](C)CC3. The highest BCUT2D eigenvalue weighted by atomic mass is 32.1. The number of hydrogen-bond acceptors (Lipinski definition) is 6. The number of rotatable bonds is 5. The van der Waals surface area contributed by atoms with Crippen molar-refractivity contribution in [2.45, 2.75) is 46.1 Å². The van der Waals surface area contributed by atoms with Crippen LogP contribution in [0.3, 0.4) is 0 Å². The third-order valence-corrected chi connectivity index (χ3v) is 7.20. The zero-order chi connectivity index (χ0) is 21.1. The quantitative estimate of drug-likeness (QED) is 0.708. The van der Waals surface area contributed by atoms with Crippen LogP contribution in [0.1, 0.15) is 37.6 Å². The van der Waals surface area contributed by atoms with Crippen LogP contribution in [-0.4, -0.2) is 59.9 Å². The summed E-state index contributed by atoms with van der Waals surface area (Å²) in [4.78, 5) is 33.3. The number of nitrogens with one attached hydrogen (secondary N) is 2. The molecule has 8 nitrogen and oxygen atoms in total. The van der Waals surface area contributed by atoms with E-state index >= 15 is 0 Å². The van der Waals surface area contributed by atoms with E-state index in [1.807, 2.05) is 11.5 Å². The lowest BCUT2D eigenvalue weighted by Gasteiger charge is -2.26. The second-order valence-corrected chi connectivity index (χ2v) is 9.34. The molecule has 2 aromatic rings. The Balaban J connectivity index is 1.39. The van der Waals surface area contributed by atoms with Gasteiger partial charge in [-0.1, -0.05) is 18.3 Å². The minimum atomic E-state index is -0.234. The molecule has 1 atom stereocenters. The number of ether oxygens (including phenoxy) is 1. The molecule has 0 spiro atoms. The fraction of sp³-hybridized carbons (Fsp3) is 0.667. The van der Waals surface area contributed by atoms with Gasteiger partial charge >= 0.3 is 6.03 Å². The molecular formula is C21H31N5O3S. The summed E-state index contributed by atoms with van der Waals surface area (Å²) in [5, 5.41) is 7.18. The van der Waals surface area contributed by atoms with Crippen LogP contribution < -0.4 is 16.2 Å². The third kappa shape index (κ3) is 4.68. The Labute approximate surface area is 180 Å². The summed E-state index contributed by atoms with van der Waals surface area (Å²) in [6, 6.07) is -0.234. The number of aryl methyl sites for hydroxylation is 2. The second-order valence-electron chi connectivity index (χ2n) is 8.34. The summed E-state index contributed by atoms with van der Waals surface area (Å²) in [7, 11) is 0. The maximum Gasteiger partial charge on any atom is 0.319 e. The van der Waals surface area contributed by atoms with Crippen LogP contribution in [0.15, 0.2) is 4.79 Å². The van der Waals surface area contributed by atoms with Crippen molar-refractivity contribution in [3.05, 3.63) is 21.7 Å². The number of aromatic nitrogens is 2. The Morgan fingerprint density at radius 1 is 1.27 bits per heavy atom. The largest absolute Gasteiger partial charge is 0.379 e. The maximum atomic E-state index is 13.1. The first-order valence-corrected chi connectivity index (χ1v) is 11.7. The van der Waals surface area contributed by atoms with E-state index in [0.717, 1.165) is 81.3 Å². The molecule has 2 aliphatic heterocycles. The molecule has 4 rings (SSSR count). The van der Waals surface area contributed by atoms with Gasteiger partial charge in [0, 0.05) is 32.6 Å². The number of urea groups is 1. The lowest BCUT2D eigenvalue weighted by atomic mass is 10.0. The highest BCUT2D eigenvalue weighted by Crippen LogP contribution is 2.32. The van der Waals surface area contributed by atoms with Gasteiger partial charge in [0.05, 0.1) is 18.6 Å². The topological polar surface area (TPSA) is 88.5 Å². The van der Waals surface area contributed by atoms with Crippen molar-refractivity contribution in [1.29, 1.82) is 0 Å². The molecule has 0 radical (unpaired) electrons. The van der Waals surface area contributed by atoms with Gasteiger partial charge in [-0.15, -0.1) is 0 Å². The van der Waals surface area contributed by atoms with E-state index in [-0.39, 0.29) is 11.6 Å². The number of fused-ring (bicyclic) bond motifs is 2. The van der Waals surface area contributed by atoms with Crippen LogP contribution in [0.4, 0.5) is 9.80 Å². The molecule has 30 heavy (non-hydrogen) atoms. The minimum Gasteiger partial charge on any atom is -0.379 e. The summed E-state index contributed by atoms with van der Waals surface area (Å²) >= 11 is 1.39. The van der Waals surface area contributed by atoms with Gasteiger partial charge in [-0.05, 0) is 44.2 Å². The summed E-state index contributed by atoms with van der Waals surface area (Å²) < 4.78 is 7.18. The number of morpholine rings is 1. The lowest BCUT2D eigenvalue weighted by molar-refractivity contribution is 0.0375. The highest BCUT2D eigenvalue weighted by molar-refractivity contribution is 7.22. The van der Waals surface area contributed by atoms with Crippen LogP contribution in [0.2, 0.25) is 0 Å². The molecule has 2 aromatic heterocycles. The van der Waals surface area contributed by atoms with Crippen molar-refractivity contribution < 1.29 is 9.53 Å². The summed E-state index contributed by atoms with van der Waals surface area (Å²) in [6.07, 6.45) is 3.78.